The summed E-state index contributed by atoms with van der Waals surface area (Å²) in [6, 6.07) is 6.55. The van der Waals surface area contributed by atoms with Crippen LogP contribution in [0.15, 0.2) is 61.4 Å². The van der Waals surface area contributed by atoms with Gasteiger partial charge in [-0.1, -0.05) is 6.07 Å². The van der Waals surface area contributed by atoms with Crippen LogP contribution in [0.3, 0.4) is 0 Å². The standard InChI is InChI=1S/C16H12F3N5O/c17-16(18,19)14(12-2-1-7-20-8-12)23-15(25)11-3-5-13(6-4-11)24-9-21-22-10-24/h1-10,14H,(H,23,25). The summed E-state index contributed by atoms with van der Waals surface area (Å²) in [5.41, 5.74) is 0.653. The lowest BCUT2D eigenvalue weighted by atomic mass is 10.1. The fraction of sp³-hybridized carbons (Fsp3) is 0.125. The molecular formula is C16H12F3N5O. The van der Waals surface area contributed by atoms with E-state index in [9.17, 15) is 18.0 Å². The van der Waals surface area contributed by atoms with Crippen molar-refractivity contribution in [3.05, 3.63) is 72.6 Å². The van der Waals surface area contributed by atoms with E-state index in [2.05, 4.69) is 15.2 Å². The smallest absolute Gasteiger partial charge is 0.337 e. The van der Waals surface area contributed by atoms with E-state index in [0.29, 0.717) is 5.69 Å². The van der Waals surface area contributed by atoms with Gasteiger partial charge in [-0.3, -0.25) is 14.3 Å². The molecule has 0 aliphatic heterocycles. The number of nitrogens with one attached hydrogen (secondary N) is 1. The average Bonchev–Trinajstić information content (AvgIpc) is 3.14. The number of carbonyl (C=O) groups excluding carboxylic acids is 1. The van der Waals surface area contributed by atoms with Crippen LogP contribution in [-0.2, 0) is 0 Å². The predicted octanol–water partition coefficient (Wildman–Crippen LogP) is 2.70. The first-order valence-electron chi connectivity index (χ1n) is 7.18. The topological polar surface area (TPSA) is 72.7 Å². The van der Waals surface area contributed by atoms with Crippen molar-refractivity contribution >= 4 is 5.91 Å². The minimum Gasteiger partial charge on any atom is -0.337 e. The zero-order valence-corrected chi connectivity index (χ0v) is 12.7. The van der Waals surface area contributed by atoms with Gasteiger partial charge < -0.3 is 5.32 Å². The Labute approximate surface area is 140 Å². The number of pyridine rings is 1. The fourth-order valence-corrected chi connectivity index (χ4v) is 2.23. The Morgan fingerprint density at radius 1 is 1.08 bits per heavy atom. The van der Waals surface area contributed by atoms with Gasteiger partial charge in [-0.25, -0.2) is 0 Å². The molecule has 0 radical (unpaired) electrons. The van der Waals surface area contributed by atoms with Crippen molar-refractivity contribution in [2.45, 2.75) is 12.2 Å². The fourth-order valence-electron chi connectivity index (χ4n) is 2.23. The van der Waals surface area contributed by atoms with E-state index >= 15 is 0 Å². The zero-order chi connectivity index (χ0) is 17.9. The molecular weight excluding hydrogens is 335 g/mol. The number of rotatable bonds is 4. The lowest BCUT2D eigenvalue weighted by Gasteiger charge is -2.21. The first-order valence-corrected chi connectivity index (χ1v) is 7.18. The molecule has 0 bridgehead atoms. The molecule has 1 N–H and O–H groups in total. The number of hydrogen-bond acceptors (Lipinski definition) is 4. The van der Waals surface area contributed by atoms with Crippen molar-refractivity contribution in [3.8, 4) is 5.69 Å². The molecule has 2 aromatic heterocycles. The number of amides is 1. The van der Waals surface area contributed by atoms with E-state index in [1.54, 1.807) is 16.7 Å². The summed E-state index contributed by atoms with van der Waals surface area (Å²) in [5, 5.41) is 9.33. The highest BCUT2D eigenvalue weighted by Gasteiger charge is 2.42. The molecule has 25 heavy (non-hydrogen) atoms. The summed E-state index contributed by atoms with van der Waals surface area (Å²) in [5.74, 6) is -0.832. The number of hydrogen-bond donors (Lipinski definition) is 1. The Balaban J connectivity index is 1.80. The molecule has 1 amide bonds. The third kappa shape index (κ3) is 3.82. The second kappa shape index (κ2) is 6.71. The molecule has 0 saturated heterocycles. The highest BCUT2D eigenvalue weighted by molar-refractivity contribution is 5.94. The normalized spacial score (nSPS) is 12.6. The molecule has 6 nitrogen and oxygen atoms in total. The van der Waals surface area contributed by atoms with Gasteiger partial charge in [0.25, 0.3) is 5.91 Å². The van der Waals surface area contributed by atoms with Crippen LogP contribution in [0.1, 0.15) is 22.0 Å². The monoisotopic (exact) mass is 347 g/mol. The lowest BCUT2D eigenvalue weighted by Crippen LogP contribution is -2.38. The lowest BCUT2D eigenvalue weighted by molar-refractivity contribution is -0.155. The van der Waals surface area contributed by atoms with E-state index in [1.807, 2.05) is 5.32 Å². The van der Waals surface area contributed by atoms with Gasteiger partial charge in [-0.15, -0.1) is 10.2 Å². The highest BCUT2D eigenvalue weighted by Crippen LogP contribution is 2.32. The predicted molar refractivity (Wildman–Crippen MR) is 81.9 cm³/mol. The summed E-state index contributed by atoms with van der Waals surface area (Å²) in [7, 11) is 0. The van der Waals surface area contributed by atoms with Crippen LogP contribution in [0.5, 0.6) is 0 Å². The third-order valence-electron chi connectivity index (χ3n) is 3.47. The quantitative estimate of drug-likeness (QED) is 0.788. The molecule has 1 atom stereocenters. The number of carbonyl (C=O) groups is 1. The molecule has 0 spiro atoms. The summed E-state index contributed by atoms with van der Waals surface area (Å²) in [6.45, 7) is 0. The van der Waals surface area contributed by atoms with Gasteiger partial charge in [0.15, 0.2) is 6.04 Å². The van der Waals surface area contributed by atoms with Crippen LogP contribution in [0.4, 0.5) is 13.2 Å². The Hall–Kier alpha value is -3.23. The van der Waals surface area contributed by atoms with Gasteiger partial charge in [0, 0.05) is 29.2 Å². The summed E-state index contributed by atoms with van der Waals surface area (Å²) < 4.78 is 41.4. The third-order valence-corrected chi connectivity index (χ3v) is 3.47. The SMILES string of the molecule is O=C(NC(c1cccnc1)C(F)(F)F)c1ccc(-n2cnnc2)cc1. The minimum atomic E-state index is -4.64. The van der Waals surface area contributed by atoms with Crippen molar-refractivity contribution in [1.82, 2.24) is 25.1 Å². The Bertz CT molecular complexity index is 832. The van der Waals surface area contributed by atoms with E-state index in [4.69, 9.17) is 0 Å². The number of nitrogens with zero attached hydrogens (tertiary/aromatic N) is 4. The van der Waals surface area contributed by atoms with Gasteiger partial charge in [-0.2, -0.15) is 13.2 Å². The van der Waals surface area contributed by atoms with Gasteiger partial charge in [0.1, 0.15) is 12.7 Å². The Kier molecular flexibility index (Phi) is 4.46. The highest BCUT2D eigenvalue weighted by atomic mass is 19.4. The Morgan fingerprint density at radius 3 is 2.32 bits per heavy atom. The van der Waals surface area contributed by atoms with Gasteiger partial charge in [0.2, 0.25) is 0 Å². The van der Waals surface area contributed by atoms with Crippen molar-refractivity contribution in [3.63, 3.8) is 0 Å². The van der Waals surface area contributed by atoms with Crippen LogP contribution < -0.4 is 5.32 Å². The van der Waals surface area contributed by atoms with Crippen molar-refractivity contribution in [2.75, 3.05) is 0 Å². The Morgan fingerprint density at radius 2 is 1.76 bits per heavy atom. The number of aromatic nitrogens is 4. The molecule has 2 heterocycles. The maximum atomic E-state index is 13.3. The summed E-state index contributed by atoms with van der Waals surface area (Å²) in [4.78, 5) is 15.9. The van der Waals surface area contributed by atoms with Crippen LogP contribution in [-0.4, -0.2) is 31.8 Å². The molecule has 3 rings (SSSR count). The molecule has 128 valence electrons. The molecule has 9 heteroatoms. The first kappa shape index (κ1) is 16.6. The van der Waals surface area contributed by atoms with Crippen LogP contribution in [0.2, 0.25) is 0 Å². The second-order valence-electron chi connectivity index (χ2n) is 5.15. The summed E-state index contributed by atoms with van der Waals surface area (Å²) >= 11 is 0. The number of benzene rings is 1. The molecule has 0 aliphatic carbocycles. The van der Waals surface area contributed by atoms with E-state index in [1.165, 1.54) is 43.1 Å². The van der Waals surface area contributed by atoms with E-state index < -0.39 is 18.1 Å². The molecule has 0 saturated carbocycles. The van der Waals surface area contributed by atoms with Crippen LogP contribution >= 0.6 is 0 Å². The van der Waals surface area contributed by atoms with Gasteiger partial charge in [0.05, 0.1) is 0 Å². The first-order chi connectivity index (χ1) is 11.9. The maximum absolute atomic E-state index is 13.3. The number of alkyl halides is 3. The van der Waals surface area contributed by atoms with Gasteiger partial charge in [-0.05, 0) is 30.3 Å². The van der Waals surface area contributed by atoms with Gasteiger partial charge >= 0.3 is 6.18 Å². The zero-order valence-electron chi connectivity index (χ0n) is 12.7. The van der Waals surface area contributed by atoms with Crippen LogP contribution in [0.25, 0.3) is 5.69 Å². The summed E-state index contributed by atoms with van der Waals surface area (Å²) in [6.07, 6.45) is 0.742. The molecule has 1 aromatic carbocycles. The second-order valence-corrected chi connectivity index (χ2v) is 5.15. The molecule has 0 aliphatic rings. The average molecular weight is 347 g/mol. The minimum absolute atomic E-state index is 0.106. The molecule has 3 aromatic rings. The molecule has 1 unspecified atom stereocenters. The van der Waals surface area contributed by atoms with E-state index in [-0.39, 0.29) is 11.1 Å². The maximum Gasteiger partial charge on any atom is 0.412 e. The van der Waals surface area contributed by atoms with Crippen LogP contribution in [0, 0.1) is 0 Å². The van der Waals surface area contributed by atoms with Crippen molar-refractivity contribution in [1.29, 1.82) is 0 Å². The van der Waals surface area contributed by atoms with E-state index in [0.717, 1.165) is 6.20 Å². The largest absolute Gasteiger partial charge is 0.412 e. The number of halogens is 3. The molecule has 0 fully saturated rings. The van der Waals surface area contributed by atoms with Crippen molar-refractivity contribution in [2.24, 2.45) is 0 Å². The van der Waals surface area contributed by atoms with Crippen molar-refractivity contribution < 1.29 is 18.0 Å².